The molecule has 0 N–H and O–H groups in total. The van der Waals surface area contributed by atoms with Crippen molar-refractivity contribution in [3.05, 3.63) is 216 Å². The first-order valence-corrected chi connectivity index (χ1v) is 22.2. The van der Waals surface area contributed by atoms with E-state index in [0.29, 0.717) is 34.9 Å². The second kappa shape index (κ2) is 16.6. The molecule has 316 valence electrons. The van der Waals surface area contributed by atoms with Crippen molar-refractivity contribution in [1.82, 2.24) is 29.9 Å². The maximum absolute atomic E-state index is 7.13. The summed E-state index contributed by atoms with van der Waals surface area (Å²) in [5, 5.41) is 0. The predicted octanol–water partition coefficient (Wildman–Crippen LogP) is 14.4. The van der Waals surface area contributed by atoms with Crippen molar-refractivity contribution in [1.29, 1.82) is 0 Å². The van der Waals surface area contributed by atoms with Crippen LogP contribution >= 0.6 is 0 Å². The quantitative estimate of drug-likeness (QED) is 0.150. The lowest BCUT2D eigenvalue weighted by Crippen LogP contribution is -2.25. The molecule has 7 heteroatoms. The summed E-state index contributed by atoms with van der Waals surface area (Å²) in [5.41, 5.74) is 13.8. The van der Waals surface area contributed by atoms with Crippen molar-refractivity contribution >= 4 is 0 Å². The van der Waals surface area contributed by atoms with Crippen LogP contribution in [0.5, 0.6) is 11.5 Å². The zero-order valence-corrected chi connectivity index (χ0v) is 37.1. The average molecular weight is 853 g/mol. The van der Waals surface area contributed by atoms with Crippen LogP contribution < -0.4 is 4.74 Å². The Morgan fingerprint density at radius 2 is 0.591 bits per heavy atom. The Bertz CT molecular complexity index is 3200. The minimum Gasteiger partial charge on any atom is -0.455 e. The molecule has 0 saturated carbocycles. The van der Waals surface area contributed by atoms with Gasteiger partial charge in [0.1, 0.15) is 11.5 Å². The van der Waals surface area contributed by atoms with Gasteiger partial charge in [-0.05, 0) is 36.1 Å². The van der Waals surface area contributed by atoms with Crippen LogP contribution in [-0.4, -0.2) is 29.9 Å². The molecule has 0 aliphatic carbocycles. The molecule has 0 atom stereocenters. The van der Waals surface area contributed by atoms with Crippen molar-refractivity contribution in [3.63, 3.8) is 0 Å². The van der Waals surface area contributed by atoms with Crippen molar-refractivity contribution < 1.29 is 4.74 Å². The van der Waals surface area contributed by atoms with E-state index >= 15 is 0 Å². The number of rotatable bonds is 8. The van der Waals surface area contributed by atoms with Gasteiger partial charge in [0.25, 0.3) is 0 Å². The molecule has 0 bridgehead atoms. The average Bonchev–Trinajstić information content (AvgIpc) is 3.37. The third-order valence-electron chi connectivity index (χ3n) is 12.6. The third-order valence-corrected chi connectivity index (χ3v) is 12.6. The van der Waals surface area contributed by atoms with E-state index in [1.165, 1.54) is 0 Å². The molecule has 2 aromatic heterocycles. The van der Waals surface area contributed by atoms with Gasteiger partial charge < -0.3 is 4.74 Å². The van der Waals surface area contributed by atoms with Crippen molar-refractivity contribution in [2.45, 2.75) is 33.1 Å². The molecule has 1 aliphatic heterocycles. The van der Waals surface area contributed by atoms with Crippen LogP contribution in [0.3, 0.4) is 0 Å². The van der Waals surface area contributed by atoms with Crippen molar-refractivity contribution in [3.8, 4) is 102 Å². The number of hydrogen-bond donors (Lipinski definition) is 0. The van der Waals surface area contributed by atoms with Crippen molar-refractivity contribution in [2.75, 3.05) is 0 Å². The molecule has 3 heterocycles. The maximum atomic E-state index is 7.13. The highest BCUT2D eigenvalue weighted by Gasteiger charge is 2.37. The summed E-state index contributed by atoms with van der Waals surface area (Å²) < 4.78 is 7.13. The van der Waals surface area contributed by atoms with E-state index in [2.05, 4.69) is 137 Å². The van der Waals surface area contributed by atoms with Crippen molar-refractivity contribution in [2.24, 2.45) is 0 Å². The Kier molecular flexibility index (Phi) is 10.2. The lowest BCUT2D eigenvalue weighted by molar-refractivity contribution is 0.421. The second-order valence-corrected chi connectivity index (χ2v) is 17.2. The number of hydrogen-bond acceptors (Lipinski definition) is 7. The van der Waals surface area contributed by atoms with Gasteiger partial charge in [-0.2, -0.15) is 0 Å². The minimum atomic E-state index is -0.343. The monoisotopic (exact) mass is 852 g/mol. The lowest BCUT2D eigenvalue weighted by atomic mass is 9.74. The molecule has 0 amide bonds. The summed E-state index contributed by atoms with van der Waals surface area (Å²) in [6.45, 7) is 8.72. The van der Waals surface area contributed by atoms with Crippen LogP contribution in [0.2, 0.25) is 0 Å². The van der Waals surface area contributed by atoms with Crippen LogP contribution in [0, 0.1) is 13.8 Å². The number of para-hydroxylation sites is 2. The third kappa shape index (κ3) is 7.40. The highest BCUT2D eigenvalue weighted by molar-refractivity contribution is 5.82. The summed E-state index contributed by atoms with van der Waals surface area (Å²) in [6.07, 6.45) is 0. The first-order valence-electron chi connectivity index (χ1n) is 22.2. The molecule has 8 aromatic carbocycles. The molecule has 0 saturated heterocycles. The van der Waals surface area contributed by atoms with Crippen LogP contribution in [0.4, 0.5) is 0 Å². The van der Waals surface area contributed by atoms with E-state index in [9.17, 15) is 0 Å². The fourth-order valence-electron chi connectivity index (χ4n) is 8.91. The van der Waals surface area contributed by atoms with E-state index in [-0.39, 0.29) is 5.41 Å². The minimum absolute atomic E-state index is 0.343. The molecule has 0 radical (unpaired) electrons. The van der Waals surface area contributed by atoms with Gasteiger partial charge >= 0.3 is 0 Å². The van der Waals surface area contributed by atoms with Crippen LogP contribution in [0.25, 0.3) is 90.6 Å². The summed E-state index contributed by atoms with van der Waals surface area (Å²) in [6, 6.07) is 66.4. The van der Waals surface area contributed by atoms with E-state index in [1.54, 1.807) is 0 Å². The van der Waals surface area contributed by atoms with Gasteiger partial charge in [0.15, 0.2) is 34.9 Å². The summed E-state index contributed by atoms with van der Waals surface area (Å²) in [4.78, 5) is 29.9. The van der Waals surface area contributed by atoms with Gasteiger partial charge in [0.05, 0.1) is 0 Å². The number of benzene rings is 8. The Labute approximate surface area is 384 Å². The summed E-state index contributed by atoms with van der Waals surface area (Å²) in [5.74, 6) is 5.49. The molecular weight excluding hydrogens is 809 g/mol. The number of nitrogens with zero attached hydrogens (tertiary/aromatic N) is 6. The fourth-order valence-corrected chi connectivity index (χ4v) is 8.91. The van der Waals surface area contributed by atoms with E-state index < -0.39 is 0 Å². The Balaban J connectivity index is 0.942. The first-order chi connectivity index (χ1) is 32.3. The normalized spacial score (nSPS) is 12.5. The zero-order valence-electron chi connectivity index (χ0n) is 37.1. The first kappa shape index (κ1) is 40.4. The molecule has 0 spiro atoms. The van der Waals surface area contributed by atoms with Gasteiger partial charge in [-0.3, -0.25) is 0 Å². The van der Waals surface area contributed by atoms with Crippen LogP contribution in [0.15, 0.2) is 194 Å². The Morgan fingerprint density at radius 1 is 0.288 bits per heavy atom. The highest BCUT2D eigenvalue weighted by atomic mass is 16.5. The second-order valence-electron chi connectivity index (χ2n) is 17.2. The highest BCUT2D eigenvalue weighted by Crippen LogP contribution is 2.54. The molecule has 1 aliphatic rings. The molecule has 11 rings (SSSR count). The zero-order chi connectivity index (χ0) is 44.8. The van der Waals surface area contributed by atoms with Gasteiger partial charge in [0, 0.05) is 61.0 Å². The number of aryl methyl sites for hydroxylation is 2. The fraction of sp³-hybridized carbons (Fsp3) is 0.0847. The van der Waals surface area contributed by atoms with E-state index in [4.69, 9.17) is 34.6 Å². The van der Waals surface area contributed by atoms with E-state index in [1.807, 2.05) is 84.9 Å². The Hall–Kier alpha value is -8.42. The number of fused-ring (bicyclic) bond motifs is 2. The SMILES string of the molecule is Cc1ccccc1-c1nc(-c2ccccc2)nc(-c2ccc(-c3cccc4c3Oc3c(-c5ccc(-c6nc(-c7ccccc7)nc(-c7ccccc7C)n6)cc5)cccc3C4(C)C)cc2)n1. The van der Waals surface area contributed by atoms with Gasteiger partial charge in [-0.25, -0.2) is 29.9 Å². The van der Waals surface area contributed by atoms with E-state index in [0.717, 1.165) is 89.4 Å². The molecular formula is C59H44N6O. The van der Waals surface area contributed by atoms with Crippen LogP contribution in [-0.2, 0) is 5.41 Å². The predicted molar refractivity (Wildman–Crippen MR) is 265 cm³/mol. The van der Waals surface area contributed by atoms with Gasteiger partial charge in [0.2, 0.25) is 0 Å². The van der Waals surface area contributed by atoms with Gasteiger partial charge in [-0.15, -0.1) is 0 Å². The smallest absolute Gasteiger partial charge is 0.164 e. The summed E-state index contributed by atoms with van der Waals surface area (Å²) >= 11 is 0. The molecule has 0 unspecified atom stereocenters. The maximum Gasteiger partial charge on any atom is 0.164 e. The molecule has 7 nitrogen and oxygen atoms in total. The summed E-state index contributed by atoms with van der Waals surface area (Å²) in [7, 11) is 0. The lowest BCUT2D eigenvalue weighted by Gasteiger charge is -2.36. The molecule has 66 heavy (non-hydrogen) atoms. The Morgan fingerprint density at radius 3 is 0.970 bits per heavy atom. The largest absolute Gasteiger partial charge is 0.455 e. The number of aromatic nitrogens is 6. The molecule has 10 aromatic rings. The topological polar surface area (TPSA) is 86.6 Å². The molecule has 0 fully saturated rings. The standard InChI is InChI=1S/C59H44N6O/c1-37-17-11-13-23-45(37)57-62-53(41-19-7-5-8-20-41)60-55(64-57)43-33-29-39(30-34-43)47-25-15-27-49-51(47)66-52-48(26-16-28-50(52)59(49,3)4)40-31-35-44(36-32-40)56-61-54(42-21-9-6-10-22-42)63-58(65-56)46-24-14-12-18-38(46)2/h5-36H,1-4H3. The van der Waals surface area contributed by atoms with Crippen LogP contribution in [0.1, 0.15) is 36.1 Å². The number of ether oxygens (including phenoxy) is 1. The van der Waals surface area contributed by atoms with Gasteiger partial charge in [-0.1, -0.05) is 208 Å².